The smallest absolute Gasteiger partial charge is 0.0131 e. The first-order chi connectivity index (χ1) is 8.15. The molecule has 0 aliphatic heterocycles. The van der Waals surface area contributed by atoms with Crippen molar-refractivity contribution in [3.63, 3.8) is 0 Å². The Morgan fingerprint density at radius 3 is 1.41 bits per heavy atom. The van der Waals surface area contributed by atoms with Gasteiger partial charge in [-0.1, -0.05) is 46.8 Å². The number of likely N-dealkylation sites (N-methyl/N-ethyl adjacent to an activating group) is 1. The summed E-state index contributed by atoms with van der Waals surface area (Å²) in [5, 5.41) is 3.02. The monoisotopic (exact) mass is 246 g/mol. The van der Waals surface area contributed by atoms with E-state index in [0.29, 0.717) is 0 Å². The van der Waals surface area contributed by atoms with Gasteiger partial charge >= 0.3 is 0 Å². The van der Waals surface area contributed by atoms with Gasteiger partial charge in [0.2, 0.25) is 0 Å². The minimum atomic E-state index is 0.994. The average molecular weight is 246 g/mol. The molecule has 2 nitrogen and oxygen atoms in total. The van der Waals surface area contributed by atoms with Gasteiger partial charge in [-0.3, -0.25) is 0 Å². The predicted octanol–water partition coefficient (Wildman–Crippen LogP) is 4.20. The highest BCUT2D eigenvalue weighted by Gasteiger charge is 1.65. The SMILES string of the molecule is C=C.CC.CC.CC/C=C/CNC.CN(C)C. The molecule has 0 radical (unpaired) electrons. The molecular formula is C15H38N2. The summed E-state index contributed by atoms with van der Waals surface area (Å²) in [7, 11) is 7.94. The van der Waals surface area contributed by atoms with E-state index in [-0.39, 0.29) is 0 Å². The van der Waals surface area contributed by atoms with Crippen LogP contribution in [0.1, 0.15) is 41.0 Å². The van der Waals surface area contributed by atoms with Crippen LogP contribution in [0.4, 0.5) is 0 Å². The fraction of sp³-hybridized carbons (Fsp3) is 0.733. The lowest BCUT2D eigenvalue weighted by molar-refractivity contribution is 0.505. The zero-order chi connectivity index (χ0) is 15.1. The molecular weight excluding hydrogens is 208 g/mol. The van der Waals surface area contributed by atoms with Crippen LogP contribution >= 0.6 is 0 Å². The van der Waals surface area contributed by atoms with Crippen molar-refractivity contribution < 1.29 is 0 Å². The summed E-state index contributed by atoms with van der Waals surface area (Å²) in [6, 6.07) is 0. The molecule has 0 saturated carbocycles. The van der Waals surface area contributed by atoms with Crippen LogP contribution in [0.3, 0.4) is 0 Å². The lowest BCUT2D eigenvalue weighted by Crippen LogP contribution is -2.03. The molecule has 0 amide bonds. The van der Waals surface area contributed by atoms with E-state index in [1.54, 1.807) is 0 Å². The highest BCUT2D eigenvalue weighted by molar-refractivity contribution is 4.81. The summed E-state index contributed by atoms with van der Waals surface area (Å²) in [6.07, 6.45) is 5.41. The molecule has 0 rings (SSSR count). The van der Waals surface area contributed by atoms with Gasteiger partial charge in [-0.05, 0) is 34.6 Å². The molecule has 0 aliphatic rings. The average Bonchev–Trinajstić information content (AvgIpc) is 2.37. The molecule has 0 aromatic carbocycles. The zero-order valence-electron chi connectivity index (χ0n) is 13.9. The Balaban J connectivity index is -0.0000000412. The number of hydrogen-bond donors (Lipinski definition) is 1. The van der Waals surface area contributed by atoms with Crippen molar-refractivity contribution in [2.75, 3.05) is 34.7 Å². The van der Waals surface area contributed by atoms with E-state index in [0.717, 1.165) is 13.0 Å². The standard InChI is InChI=1S/C6H13N.C3H9N.2C2H6.C2H4/c1-3-4-5-6-7-2;1-4(2)3;3*1-2/h4-5,7H,3,6H2,1-2H3;1-3H3;2*1-2H3;1-2H2/b5-4+;;;;. The largest absolute Gasteiger partial charge is 0.316 e. The quantitative estimate of drug-likeness (QED) is 0.751. The zero-order valence-corrected chi connectivity index (χ0v) is 13.9. The van der Waals surface area contributed by atoms with E-state index < -0.39 is 0 Å². The topological polar surface area (TPSA) is 15.3 Å². The lowest BCUT2D eigenvalue weighted by atomic mass is 10.4. The first-order valence-corrected chi connectivity index (χ1v) is 6.55. The summed E-state index contributed by atoms with van der Waals surface area (Å²) >= 11 is 0. The molecule has 0 unspecified atom stereocenters. The molecule has 0 saturated heterocycles. The second-order valence-corrected chi connectivity index (χ2v) is 2.78. The van der Waals surface area contributed by atoms with Crippen molar-refractivity contribution in [2.45, 2.75) is 41.0 Å². The second-order valence-electron chi connectivity index (χ2n) is 2.78. The normalized spacial score (nSPS) is 7.41. The van der Waals surface area contributed by atoms with Gasteiger partial charge in [0.25, 0.3) is 0 Å². The molecule has 17 heavy (non-hydrogen) atoms. The molecule has 2 heteroatoms. The Morgan fingerprint density at radius 1 is 0.941 bits per heavy atom. The number of rotatable bonds is 3. The van der Waals surface area contributed by atoms with Crippen molar-refractivity contribution in [3.05, 3.63) is 25.3 Å². The molecule has 0 aliphatic carbocycles. The highest BCUT2D eigenvalue weighted by Crippen LogP contribution is 1.75. The summed E-state index contributed by atoms with van der Waals surface area (Å²) < 4.78 is 0. The Morgan fingerprint density at radius 2 is 1.24 bits per heavy atom. The van der Waals surface area contributed by atoms with Crippen molar-refractivity contribution in [1.29, 1.82) is 0 Å². The Kier molecular flexibility index (Phi) is 103. The first kappa shape index (κ1) is 29.9. The van der Waals surface area contributed by atoms with E-state index in [1.807, 2.05) is 60.8 Å². The number of nitrogens with one attached hydrogen (secondary N) is 1. The predicted molar refractivity (Wildman–Crippen MR) is 86.9 cm³/mol. The van der Waals surface area contributed by atoms with Gasteiger partial charge in [-0.15, -0.1) is 13.2 Å². The summed E-state index contributed by atoms with van der Waals surface area (Å²) in [6.45, 7) is 17.1. The maximum atomic E-state index is 3.02. The van der Waals surface area contributed by atoms with Crippen molar-refractivity contribution in [1.82, 2.24) is 10.2 Å². The fourth-order valence-electron chi connectivity index (χ4n) is 0.368. The molecule has 0 spiro atoms. The number of allylic oxidation sites excluding steroid dienone is 1. The van der Waals surface area contributed by atoms with Crippen LogP contribution in [0.5, 0.6) is 0 Å². The molecule has 0 aromatic rings. The van der Waals surface area contributed by atoms with E-state index in [2.05, 4.69) is 37.6 Å². The van der Waals surface area contributed by atoms with Crippen LogP contribution in [-0.4, -0.2) is 39.6 Å². The highest BCUT2D eigenvalue weighted by atomic mass is 15.0. The van der Waals surface area contributed by atoms with E-state index in [9.17, 15) is 0 Å². The Bertz CT molecular complexity index is 86.2. The van der Waals surface area contributed by atoms with E-state index in [4.69, 9.17) is 0 Å². The number of hydrogen-bond acceptors (Lipinski definition) is 2. The van der Waals surface area contributed by atoms with Crippen LogP contribution in [0.15, 0.2) is 25.3 Å². The fourth-order valence-corrected chi connectivity index (χ4v) is 0.368. The molecule has 0 aromatic heterocycles. The third-order valence-corrected chi connectivity index (χ3v) is 0.724. The molecule has 108 valence electrons. The van der Waals surface area contributed by atoms with Gasteiger partial charge in [-0.2, -0.15) is 0 Å². The Hall–Kier alpha value is -0.600. The van der Waals surface area contributed by atoms with Gasteiger partial charge in [-0.25, -0.2) is 0 Å². The third-order valence-electron chi connectivity index (χ3n) is 0.724. The van der Waals surface area contributed by atoms with Gasteiger partial charge in [0, 0.05) is 6.54 Å². The van der Waals surface area contributed by atoms with Gasteiger partial charge in [0.15, 0.2) is 0 Å². The molecule has 0 fully saturated rings. The molecule has 0 heterocycles. The minimum absolute atomic E-state index is 0.994. The first-order valence-electron chi connectivity index (χ1n) is 6.55. The van der Waals surface area contributed by atoms with Gasteiger partial charge in [0.1, 0.15) is 0 Å². The summed E-state index contributed by atoms with van der Waals surface area (Å²) in [4.78, 5) is 2.00. The van der Waals surface area contributed by atoms with Gasteiger partial charge < -0.3 is 10.2 Å². The molecule has 0 atom stereocenters. The van der Waals surface area contributed by atoms with Crippen LogP contribution < -0.4 is 5.32 Å². The van der Waals surface area contributed by atoms with Crippen molar-refractivity contribution >= 4 is 0 Å². The lowest BCUT2D eigenvalue weighted by Gasteiger charge is -1.90. The summed E-state index contributed by atoms with van der Waals surface area (Å²) in [5.41, 5.74) is 0. The van der Waals surface area contributed by atoms with Crippen LogP contribution in [0, 0.1) is 0 Å². The van der Waals surface area contributed by atoms with Crippen LogP contribution in [-0.2, 0) is 0 Å². The maximum Gasteiger partial charge on any atom is 0.0131 e. The van der Waals surface area contributed by atoms with E-state index >= 15 is 0 Å². The van der Waals surface area contributed by atoms with Crippen LogP contribution in [0.2, 0.25) is 0 Å². The third kappa shape index (κ3) is 239. The van der Waals surface area contributed by atoms with Crippen molar-refractivity contribution in [3.8, 4) is 0 Å². The Labute approximate surface area is 112 Å². The molecule has 1 N–H and O–H groups in total. The maximum absolute atomic E-state index is 3.02. The van der Waals surface area contributed by atoms with Crippen molar-refractivity contribution in [2.24, 2.45) is 0 Å². The number of nitrogens with zero attached hydrogens (tertiary/aromatic N) is 1. The minimum Gasteiger partial charge on any atom is -0.316 e. The van der Waals surface area contributed by atoms with Gasteiger partial charge in [0.05, 0.1) is 0 Å². The molecule has 0 bridgehead atoms. The second kappa shape index (κ2) is 58.3. The summed E-state index contributed by atoms with van der Waals surface area (Å²) in [5.74, 6) is 0. The van der Waals surface area contributed by atoms with E-state index in [1.165, 1.54) is 0 Å². The van der Waals surface area contributed by atoms with Crippen LogP contribution in [0.25, 0.3) is 0 Å².